The lowest BCUT2D eigenvalue weighted by atomic mass is 9.92. The number of nitrogens with one attached hydrogen (secondary N) is 1. The third-order valence-corrected chi connectivity index (χ3v) is 7.33. The van der Waals surface area contributed by atoms with Crippen LogP contribution in [0.5, 0.6) is 0 Å². The second-order valence-corrected chi connectivity index (χ2v) is 10.8. The molecule has 1 N–H and O–H groups in total. The Labute approximate surface area is 242 Å². The van der Waals surface area contributed by atoms with E-state index in [1.807, 2.05) is 57.2 Å². The summed E-state index contributed by atoms with van der Waals surface area (Å²) in [5.74, 6) is 0. The number of carbonyl (C=O) groups is 1. The van der Waals surface area contributed by atoms with Gasteiger partial charge in [0.15, 0.2) is 0 Å². The first kappa shape index (κ1) is 29.6. The number of hydrogen-bond donors (Lipinski definition) is 1. The number of piperazine rings is 1. The Morgan fingerprint density at radius 3 is 2.20 bits per heavy atom. The molecule has 3 aromatic rings. The molecular formula is C33H38N4O4. The molecule has 1 amide bonds. The van der Waals surface area contributed by atoms with Crippen molar-refractivity contribution in [2.45, 2.75) is 26.3 Å². The van der Waals surface area contributed by atoms with Crippen molar-refractivity contribution in [2.24, 2.45) is 0 Å². The minimum absolute atomic E-state index is 0.0882. The van der Waals surface area contributed by atoms with Crippen LogP contribution in [0, 0.1) is 10.1 Å². The lowest BCUT2D eigenvalue weighted by Gasteiger charge is -2.36. The van der Waals surface area contributed by atoms with Crippen LogP contribution in [0.1, 0.15) is 43.0 Å². The van der Waals surface area contributed by atoms with Gasteiger partial charge in [-0.25, -0.2) is 4.79 Å². The minimum Gasteiger partial charge on any atom is -0.448 e. The quantitative estimate of drug-likeness (QED) is 0.173. The zero-order valence-corrected chi connectivity index (χ0v) is 24.0. The van der Waals surface area contributed by atoms with E-state index in [-0.39, 0.29) is 5.69 Å². The molecule has 0 radical (unpaired) electrons. The fourth-order valence-corrected chi connectivity index (χ4v) is 4.73. The summed E-state index contributed by atoms with van der Waals surface area (Å²) in [6.07, 6.45) is 3.53. The summed E-state index contributed by atoms with van der Waals surface area (Å²) < 4.78 is 5.52. The molecule has 0 aliphatic carbocycles. The summed E-state index contributed by atoms with van der Waals surface area (Å²) in [6, 6.07) is 22.9. The molecule has 0 unspecified atom stereocenters. The molecule has 0 aromatic heterocycles. The Bertz CT molecular complexity index is 1390. The third-order valence-electron chi connectivity index (χ3n) is 7.33. The van der Waals surface area contributed by atoms with Crippen molar-refractivity contribution in [3.8, 4) is 0 Å². The second kappa shape index (κ2) is 13.3. The van der Waals surface area contributed by atoms with Crippen LogP contribution in [0.25, 0.3) is 17.7 Å². The highest BCUT2D eigenvalue weighted by atomic mass is 16.6. The van der Waals surface area contributed by atoms with Crippen LogP contribution in [-0.2, 0) is 10.3 Å². The van der Waals surface area contributed by atoms with Crippen molar-refractivity contribution in [1.29, 1.82) is 0 Å². The predicted octanol–water partition coefficient (Wildman–Crippen LogP) is 6.58. The number of hydrogen-bond acceptors (Lipinski definition) is 6. The van der Waals surface area contributed by atoms with Crippen LogP contribution in [-0.4, -0.2) is 55.2 Å². The highest BCUT2D eigenvalue weighted by Crippen LogP contribution is 2.24. The molecule has 1 fully saturated rings. The number of nitrogens with zero attached hydrogens (tertiary/aromatic N) is 3. The summed E-state index contributed by atoms with van der Waals surface area (Å²) >= 11 is 0. The molecule has 1 aliphatic rings. The van der Waals surface area contributed by atoms with Gasteiger partial charge in [-0.05, 0) is 73.4 Å². The largest absolute Gasteiger partial charge is 0.448 e. The van der Waals surface area contributed by atoms with Gasteiger partial charge in [-0.3, -0.25) is 15.0 Å². The van der Waals surface area contributed by atoms with Gasteiger partial charge in [0.2, 0.25) is 0 Å². The number of ether oxygens (including phenoxy) is 1. The van der Waals surface area contributed by atoms with E-state index in [4.69, 9.17) is 4.74 Å². The van der Waals surface area contributed by atoms with E-state index < -0.39 is 16.6 Å². The van der Waals surface area contributed by atoms with E-state index in [1.54, 1.807) is 12.1 Å². The monoisotopic (exact) mass is 554 g/mol. The van der Waals surface area contributed by atoms with Crippen molar-refractivity contribution < 1.29 is 14.5 Å². The first-order valence-electron chi connectivity index (χ1n) is 13.8. The van der Waals surface area contributed by atoms with Crippen LogP contribution in [0.2, 0.25) is 0 Å². The maximum Gasteiger partial charge on any atom is 0.407 e. The maximum atomic E-state index is 12.5. The molecule has 3 aromatic carbocycles. The summed E-state index contributed by atoms with van der Waals surface area (Å²) in [6.45, 7) is 14.5. The summed E-state index contributed by atoms with van der Waals surface area (Å²) in [5, 5.41) is 13.8. The molecular weight excluding hydrogens is 516 g/mol. The molecule has 0 atom stereocenters. The molecule has 214 valence electrons. The van der Waals surface area contributed by atoms with Crippen LogP contribution < -0.4 is 10.2 Å². The maximum absolute atomic E-state index is 12.5. The lowest BCUT2D eigenvalue weighted by molar-refractivity contribution is -0.384. The molecule has 1 saturated heterocycles. The van der Waals surface area contributed by atoms with Crippen LogP contribution in [0.4, 0.5) is 16.2 Å². The van der Waals surface area contributed by atoms with E-state index in [0.29, 0.717) is 13.2 Å². The van der Waals surface area contributed by atoms with E-state index >= 15 is 0 Å². The van der Waals surface area contributed by atoms with Crippen molar-refractivity contribution in [1.82, 2.24) is 10.2 Å². The van der Waals surface area contributed by atoms with Gasteiger partial charge >= 0.3 is 6.09 Å². The zero-order chi connectivity index (χ0) is 29.4. The molecule has 4 rings (SSSR count). The van der Waals surface area contributed by atoms with E-state index in [2.05, 4.69) is 46.0 Å². The lowest BCUT2D eigenvalue weighted by Crippen LogP contribution is -2.48. The fourth-order valence-electron chi connectivity index (χ4n) is 4.73. The number of amides is 1. The Kier molecular flexibility index (Phi) is 9.57. The standard InChI is InChI=1S/C33H38N4O4/c1-25(2)28-6-5-7-29(24-28)33(3,4)34-32(38)41-23-22-35-18-20-36(21-19-35)30-14-10-26(11-15-30)8-9-27-12-16-31(17-13-27)37(39)40/h5-17,24H,1,18-23H2,2-4H3,(H,34,38)/b9-8+. The molecule has 41 heavy (non-hydrogen) atoms. The van der Waals surface area contributed by atoms with Crippen LogP contribution >= 0.6 is 0 Å². The average molecular weight is 555 g/mol. The highest BCUT2D eigenvalue weighted by Gasteiger charge is 2.24. The molecule has 8 nitrogen and oxygen atoms in total. The molecule has 0 spiro atoms. The van der Waals surface area contributed by atoms with E-state index in [0.717, 1.165) is 54.0 Å². The van der Waals surface area contributed by atoms with E-state index in [1.165, 1.54) is 17.8 Å². The Morgan fingerprint density at radius 1 is 1.00 bits per heavy atom. The van der Waals surface area contributed by atoms with E-state index in [9.17, 15) is 14.9 Å². The highest BCUT2D eigenvalue weighted by molar-refractivity contribution is 5.71. The van der Waals surface area contributed by atoms with Gasteiger partial charge < -0.3 is 15.0 Å². The first-order valence-corrected chi connectivity index (χ1v) is 13.8. The van der Waals surface area contributed by atoms with Gasteiger partial charge in [-0.1, -0.05) is 54.6 Å². The number of nitro benzene ring substituents is 1. The van der Waals surface area contributed by atoms with Gasteiger partial charge in [-0.2, -0.15) is 0 Å². The number of alkyl carbamates (subject to hydrolysis) is 1. The number of nitro groups is 1. The number of non-ortho nitro benzene ring substituents is 1. The molecule has 0 saturated carbocycles. The van der Waals surface area contributed by atoms with Gasteiger partial charge in [0.05, 0.1) is 10.5 Å². The number of benzene rings is 3. The number of anilines is 1. The minimum atomic E-state index is -0.565. The average Bonchev–Trinajstić information content (AvgIpc) is 2.97. The van der Waals surface area contributed by atoms with Gasteiger partial charge in [-0.15, -0.1) is 0 Å². The van der Waals surface area contributed by atoms with Crippen molar-refractivity contribution >= 4 is 35.2 Å². The third kappa shape index (κ3) is 8.28. The van der Waals surface area contributed by atoms with Crippen molar-refractivity contribution in [3.05, 3.63) is 112 Å². The number of allylic oxidation sites excluding steroid dienone is 1. The zero-order valence-electron chi connectivity index (χ0n) is 24.0. The molecule has 8 heteroatoms. The predicted molar refractivity (Wildman–Crippen MR) is 166 cm³/mol. The summed E-state index contributed by atoms with van der Waals surface area (Å²) in [4.78, 5) is 27.6. The van der Waals surface area contributed by atoms with Crippen molar-refractivity contribution in [3.63, 3.8) is 0 Å². The molecule has 1 aliphatic heterocycles. The Balaban J connectivity index is 1.19. The SMILES string of the molecule is C=C(C)c1cccc(C(C)(C)NC(=O)OCCN2CCN(c3ccc(/C=C/c4ccc([N+](=O)[O-])cc4)cc3)CC2)c1. The normalized spacial score (nSPS) is 14.2. The number of rotatable bonds is 10. The van der Waals surface area contributed by atoms with Crippen molar-refractivity contribution in [2.75, 3.05) is 44.2 Å². The fraction of sp³-hybridized carbons (Fsp3) is 0.303. The van der Waals surface area contributed by atoms with Crippen LogP contribution in [0.3, 0.4) is 0 Å². The topological polar surface area (TPSA) is 88.0 Å². The first-order chi connectivity index (χ1) is 19.6. The number of carbonyl (C=O) groups excluding carboxylic acids is 1. The Hall–Kier alpha value is -4.43. The second-order valence-electron chi connectivity index (χ2n) is 10.8. The Morgan fingerprint density at radius 2 is 1.61 bits per heavy atom. The van der Waals surface area contributed by atoms with Gasteiger partial charge in [0, 0.05) is 50.5 Å². The summed E-state index contributed by atoms with van der Waals surface area (Å²) in [7, 11) is 0. The van der Waals surface area contributed by atoms with Crippen LogP contribution in [0.15, 0.2) is 79.4 Å². The summed E-state index contributed by atoms with van der Waals surface area (Å²) in [5.41, 5.74) is 5.70. The van der Waals surface area contributed by atoms with Gasteiger partial charge in [0.25, 0.3) is 5.69 Å². The molecule has 0 bridgehead atoms. The molecule has 1 heterocycles. The van der Waals surface area contributed by atoms with Gasteiger partial charge in [0.1, 0.15) is 6.61 Å². The smallest absolute Gasteiger partial charge is 0.407 e.